The van der Waals surface area contributed by atoms with Crippen LogP contribution in [0.5, 0.6) is 0 Å². The lowest BCUT2D eigenvalue weighted by Crippen LogP contribution is -2.62. The van der Waals surface area contributed by atoms with Gasteiger partial charge < -0.3 is 19.0 Å². The van der Waals surface area contributed by atoms with Crippen LogP contribution in [0, 0.1) is 6.92 Å². The van der Waals surface area contributed by atoms with Crippen molar-refractivity contribution in [1.29, 1.82) is 0 Å². The highest BCUT2D eigenvalue weighted by molar-refractivity contribution is 5.74. The van der Waals surface area contributed by atoms with Gasteiger partial charge in [-0.2, -0.15) is 0 Å². The molecule has 7 nitrogen and oxygen atoms in total. The van der Waals surface area contributed by atoms with Crippen LogP contribution < -0.4 is 0 Å². The fourth-order valence-electron chi connectivity index (χ4n) is 4.63. The van der Waals surface area contributed by atoms with Gasteiger partial charge in [-0.1, -0.05) is 36.4 Å². The summed E-state index contributed by atoms with van der Waals surface area (Å²) in [6.45, 7) is 2.78. The van der Waals surface area contributed by atoms with Gasteiger partial charge in [0.05, 0.1) is 30.9 Å². The topological polar surface area (TPSA) is 85.0 Å². The average Bonchev–Trinajstić information content (AvgIpc) is 3.11. The summed E-state index contributed by atoms with van der Waals surface area (Å²) >= 11 is 0. The molecule has 0 radical (unpaired) electrons. The molecule has 2 unspecified atom stereocenters. The molecule has 0 spiro atoms. The SMILES string of the molecule is Cc1nc2ccc(C3(O)CC4COCC(C3)N4C(=O)OCc3ccccc3)cc2o1. The molecule has 2 aliphatic heterocycles. The molecule has 156 valence electrons. The van der Waals surface area contributed by atoms with Gasteiger partial charge in [0.15, 0.2) is 11.5 Å². The molecule has 2 aliphatic rings. The molecular formula is C23H24N2O5. The summed E-state index contributed by atoms with van der Waals surface area (Å²) in [7, 11) is 0. The average molecular weight is 408 g/mol. The molecule has 1 N–H and O–H groups in total. The van der Waals surface area contributed by atoms with Crippen LogP contribution in [0.25, 0.3) is 11.1 Å². The van der Waals surface area contributed by atoms with Crippen LogP contribution in [-0.4, -0.2) is 46.4 Å². The van der Waals surface area contributed by atoms with E-state index >= 15 is 0 Å². The maximum absolute atomic E-state index is 12.9. The third-order valence-corrected chi connectivity index (χ3v) is 6.00. The lowest BCUT2D eigenvalue weighted by Gasteiger charge is -2.51. The van der Waals surface area contributed by atoms with Crippen LogP contribution >= 0.6 is 0 Å². The van der Waals surface area contributed by atoms with Gasteiger partial charge in [0.1, 0.15) is 12.1 Å². The van der Waals surface area contributed by atoms with Gasteiger partial charge in [-0.3, -0.25) is 4.90 Å². The molecule has 1 amide bonds. The number of nitrogens with zero attached hydrogens (tertiary/aromatic N) is 2. The first-order valence-electron chi connectivity index (χ1n) is 10.2. The largest absolute Gasteiger partial charge is 0.445 e. The summed E-state index contributed by atoms with van der Waals surface area (Å²) in [6, 6.07) is 14.7. The molecule has 5 rings (SSSR count). The van der Waals surface area contributed by atoms with Gasteiger partial charge >= 0.3 is 6.09 Å². The Balaban J connectivity index is 1.35. The maximum Gasteiger partial charge on any atom is 0.410 e. The number of hydrogen-bond acceptors (Lipinski definition) is 6. The van der Waals surface area contributed by atoms with Crippen molar-refractivity contribution in [3.63, 3.8) is 0 Å². The number of rotatable bonds is 3. The zero-order valence-electron chi connectivity index (χ0n) is 16.8. The first kappa shape index (κ1) is 19.1. The minimum Gasteiger partial charge on any atom is -0.445 e. The predicted octanol–water partition coefficient (Wildman–Crippen LogP) is 3.52. The third-order valence-electron chi connectivity index (χ3n) is 6.00. The number of piperidine rings is 1. The van der Waals surface area contributed by atoms with Crippen molar-refractivity contribution >= 4 is 17.2 Å². The molecular weight excluding hydrogens is 384 g/mol. The Kier molecular flexibility index (Phi) is 4.72. The van der Waals surface area contributed by atoms with Gasteiger partial charge in [-0.05, 0) is 23.3 Å². The van der Waals surface area contributed by atoms with Crippen molar-refractivity contribution in [3.05, 3.63) is 65.5 Å². The standard InChI is InChI=1S/C23H24N2O5/c1-15-24-20-8-7-17(9-21(20)30-15)23(27)10-18-13-28-14-19(11-23)25(18)22(26)29-12-16-5-3-2-4-6-16/h2-9,18-19,27H,10-14H2,1H3. The van der Waals surface area contributed by atoms with Crippen LogP contribution in [0.3, 0.4) is 0 Å². The number of fused-ring (bicyclic) bond motifs is 3. The number of ether oxygens (including phenoxy) is 2. The second-order valence-electron chi connectivity index (χ2n) is 8.15. The summed E-state index contributed by atoms with van der Waals surface area (Å²) in [5, 5.41) is 11.5. The second kappa shape index (κ2) is 7.41. The van der Waals surface area contributed by atoms with E-state index in [9.17, 15) is 9.90 Å². The van der Waals surface area contributed by atoms with Crippen LogP contribution in [-0.2, 0) is 21.7 Å². The number of morpholine rings is 1. The van der Waals surface area contributed by atoms with Crippen LogP contribution in [0.15, 0.2) is 52.9 Å². The van der Waals surface area contributed by atoms with Gasteiger partial charge in [-0.15, -0.1) is 0 Å². The highest BCUT2D eigenvalue weighted by Gasteiger charge is 2.49. The molecule has 3 aromatic rings. The van der Waals surface area contributed by atoms with E-state index < -0.39 is 5.60 Å². The molecule has 30 heavy (non-hydrogen) atoms. The van der Waals surface area contributed by atoms with Gasteiger partial charge in [0.2, 0.25) is 0 Å². The lowest BCUT2D eigenvalue weighted by atomic mass is 9.77. The maximum atomic E-state index is 12.9. The van der Waals surface area contributed by atoms with Crippen molar-refractivity contribution in [1.82, 2.24) is 9.88 Å². The molecule has 0 aliphatic carbocycles. The molecule has 2 saturated heterocycles. The Morgan fingerprint density at radius 2 is 1.93 bits per heavy atom. The van der Waals surface area contributed by atoms with Crippen molar-refractivity contribution in [2.24, 2.45) is 0 Å². The Morgan fingerprint density at radius 3 is 2.67 bits per heavy atom. The molecule has 3 heterocycles. The second-order valence-corrected chi connectivity index (χ2v) is 8.15. The number of aryl methyl sites for hydroxylation is 1. The molecule has 2 fully saturated rings. The van der Waals surface area contributed by atoms with Crippen molar-refractivity contribution in [3.8, 4) is 0 Å². The number of aromatic nitrogens is 1. The van der Waals surface area contributed by atoms with E-state index in [4.69, 9.17) is 13.9 Å². The van der Waals surface area contributed by atoms with E-state index in [-0.39, 0.29) is 24.8 Å². The van der Waals surface area contributed by atoms with Crippen molar-refractivity contribution in [2.45, 2.75) is 44.1 Å². The number of oxazole rings is 1. The Bertz CT molecular complexity index is 1050. The number of benzene rings is 2. The minimum atomic E-state index is -1.07. The fraction of sp³-hybridized carbons (Fsp3) is 0.391. The Hall–Kier alpha value is -2.90. The van der Waals surface area contributed by atoms with Crippen molar-refractivity contribution < 1.29 is 23.8 Å². The highest BCUT2D eigenvalue weighted by Crippen LogP contribution is 2.42. The number of carbonyl (C=O) groups excluding carboxylic acids is 1. The van der Waals surface area contributed by atoms with Gasteiger partial charge in [0, 0.05) is 19.8 Å². The normalized spacial score (nSPS) is 26.0. The Labute approximate surface area is 174 Å². The lowest BCUT2D eigenvalue weighted by molar-refractivity contribution is -0.136. The van der Waals surface area contributed by atoms with E-state index in [0.717, 1.165) is 16.6 Å². The molecule has 1 aromatic heterocycles. The first-order chi connectivity index (χ1) is 14.5. The molecule has 2 aromatic carbocycles. The summed E-state index contributed by atoms with van der Waals surface area (Å²) < 4.78 is 16.9. The van der Waals surface area contributed by atoms with E-state index in [1.165, 1.54) is 0 Å². The summed E-state index contributed by atoms with van der Waals surface area (Å²) in [5.74, 6) is 0.593. The predicted molar refractivity (Wildman–Crippen MR) is 109 cm³/mol. The first-order valence-corrected chi connectivity index (χ1v) is 10.2. The molecule has 7 heteroatoms. The Morgan fingerprint density at radius 1 is 1.20 bits per heavy atom. The monoisotopic (exact) mass is 408 g/mol. The third kappa shape index (κ3) is 3.44. The van der Waals surface area contributed by atoms with Crippen LogP contribution in [0.4, 0.5) is 4.79 Å². The van der Waals surface area contributed by atoms with E-state index in [0.29, 0.717) is 37.5 Å². The smallest absolute Gasteiger partial charge is 0.410 e. The summed E-state index contributed by atoms with van der Waals surface area (Å²) in [6.07, 6.45) is 0.394. The van der Waals surface area contributed by atoms with E-state index in [1.54, 1.807) is 11.8 Å². The molecule has 2 bridgehead atoms. The number of carbonyl (C=O) groups is 1. The zero-order chi connectivity index (χ0) is 20.7. The summed E-state index contributed by atoms with van der Waals surface area (Å²) in [5.41, 5.74) is 2.08. The van der Waals surface area contributed by atoms with Crippen LogP contribution in [0.2, 0.25) is 0 Å². The van der Waals surface area contributed by atoms with Crippen LogP contribution in [0.1, 0.15) is 29.9 Å². The van der Waals surface area contributed by atoms with E-state index in [1.807, 2.05) is 48.5 Å². The zero-order valence-corrected chi connectivity index (χ0v) is 16.8. The molecule has 2 atom stereocenters. The van der Waals surface area contributed by atoms with E-state index in [2.05, 4.69) is 4.98 Å². The minimum absolute atomic E-state index is 0.224. The van der Waals surface area contributed by atoms with Gasteiger partial charge in [0.25, 0.3) is 0 Å². The highest BCUT2D eigenvalue weighted by atomic mass is 16.6. The van der Waals surface area contributed by atoms with Crippen molar-refractivity contribution in [2.75, 3.05) is 13.2 Å². The molecule has 0 saturated carbocycles. The number of aliphatic hydroxyl groups is 1. The van der Waals surface area contributed by atoms with Gasteiger partial charge in [-0.25, -0.2) is 9.78 Å². The quantitative estimate of drug-likeness (QED) is 0.714. The number of amides is 1. The number of hydrogen-bond donors (Lipinski definition) is 1. The summed E-state index contributed by atoms with van der Waals surface area (Å²) in [4.78, 5) is 18.9. The fourth-order valence-corrected chi connectivity index (χ4v) is 4.63.